The number of hydrogen-bond donors (Lipinski definition) is 0. The van der Waals surface area contributed by atoms with Crippen molar-refractivity contribution in [1.82, 2.24) is 0 Å². The first kappa shape index (κ1) is 41.3. The largest absolute Gasteiger partial charge is 0.494 e. The highest BCUT2D eigenvalue weighted by atomic mass is 16.7. The van der Waals surface area contributed by atoms with Crippen LogP contribution in [-0.4, -0.2) is 36.6 Å². The first-order valence-electron chi connectivity index (χ1n) is 22.0. The molecule has 56 heavy (non-hydrogen) atoms. The second-order valence-corrected chi connectivity index (χ2v) is 19.4. The molecule has 4 nitrogen and oxygen atoms in total. The van der Waals surface area contributed by atoms with E-state index in [2.05, 4.69) is 155 Å². The molecular formula is C50H68B2O4. The average molecular weight is 755 g/mol. The number of aryl methyl sites for hydroxylation is 1. The molecule has 7 rings (SSSR count). The van der Waals surface area contributed by atoms with Crippen LogP contribution >= 0.6 is 0 Å². The minimum Gasteiger partial charge on any atom is -0.399 e. The molecule has 0 bridgehead atoms. The van der Waals surface area contributed by atoms with E-state index in [-0.39, 0.29) is 0 Å². The maximum Gasteiger partial charge on any atom is 0.494 e. The van der Waals surface area contributed by atoms with Gasteiger partial charge in [0.1, 0.15) is 0 Å². The minimum absolute atomic E-state index is 0.328. The summed E-state index contributed by atoms with van der Waals surface area (Å²) in [6, 6.07) is 23.6. The Morgan fingerprint density at radius 1 is 0.589 bits per heavy atom. The van der Waals surface area contributed by atoms with E-state index in [4.69, 9.17) is 18.6 Å². The molecular weight excluding hydrogens is 686 g/mol. The Bertz CT molecular complexity index is 1840. The number of unbranched alkanes of at least 4 members (excludes halogenated alkanes) is 6. The van der Waals surface area contributed by atoms with Gasteiger partial charge >= 0.3 is 14.2 Å². The lowest BCUT2D eigenvalue weighted by Gasteiger charge is -2.42. The minimum atomic E-state index is -0.546. The topological polar surface area (TPSA) is 36.9 Å². The molecule has 298 valence electrons. The molecule has 2 atom stereocenters. The molecule has 0 aromatic heterocycles. The van der Waals surface area contributed by atoms with E-state index >= 15 is 0 Å². The molecule has 0 amide bonds. The Morgan fingerprint density at radius 2 is 1.11 bits per heavy atom. The third kappa shape index (κ3) is 7.24. The Labute approximate surface area is 340 Å². The third-order valence-electron chi connectivity index (χ3n) is 14.5. The first-order valence-corrected chi connectivity index (χ1v) is 22.0. The maximum atomic E-state index is 6.74. The molecule has 0 spiro atoms. The van der Waals surface area contributed by atoms with Crippen molar-refractivity contribution in [3.63, 3.8) is 0 Å². The van der Waals surface area contributed by atoms with Crippen LogP contribution < -0.4 is 10.9 Å². The van der Waals surface area contributed by atoms with Crippen molar-refractivity contribution in [2.24, 2.45) is 11.8 Å². The van der Waals surface area contributed by atoms with Crippen LogP contribution in [-0.2, 0) is 30.5 Å². The summed E-state index contributed by atoms with van der Waals surface area (Å²) in [5.74, 6) is 0.792. The zero-order chi connectivity index (χ0) is 40.1. The second kappa shape index (κ2) is 15.7. The first-order chi connectivity index (χ1) is 26.6. The van der Waals surface area contributed by atoms with E-state index in [0.717, 1.165) is 17.3 Å². The molecule has 0 N–H and O–H groups in total. The van der Waals surface area contributed by atoms with Crippen molar-refractivity contribution in [1.29, 1.82) is 0 Å². The molecule has 0 saturated carbocycles. The molecule has 2 aliphatic carbocycles. The van der Waals surface area contributed by atoms with Gasteiger partial charge in [0.05, 0.1) is 27.8 Å². The highest BCUT2D eigenvalue weighted by molar-refractivity contribution is 6.62. The van der Waals surface area contributed by atoms with Crippen molar-refractivity contribution in [2.45, 2.75) is 168 Å². The van der Waals surface area contributed by atoms with Gasteiger partial charge in [-0.2, -0.15) is 0 Å². The van der Waals surface area contributed by atoms with Crippen molar-refractivity contribution >= 4 is 25.2 Å². The zero-order valence-electron chi connectivity index (χ0n) is 36.5. The van der Waals surface area contributed by atoms with Crippen LogP contribution in [0.1, 0.15) is 156 Å². The molecule has 0 radical (unpaired) electrons. The van der Waals surface area contributed by atoms with E-state index in [9.17, 15) is 0 Å². The van der Waals surface area contributed by atoms with Gasteiger partial charge in [-0.25, -0.2) is 0 Å². The Kier molecular flexibility index (Phi) is 11.6. The summed E-state index contributed by atoms with van der Waals surface area (Å²) < 4.78 is 26.9. The van der Waals surface area contributed by atoms with Crippen LogP contribution in [0.4, 0.5) is 0 Å². The van der Waals surface area contributed by atoms with Crippen LogP contribution in [0.2, 0.25) is 0 Å². The summed E-state index contributed by atoms with van der Waals surface area (Å²) in [6.45, 7) is 24.2. The summed E-state index contributed by atoms with van der Waals surface area (Å²) in [7, 11) is -0.915. The lowest BCUT2D eigenvalue weighted by atomic mass is 9.59. The smallest absolute Gasteiger partial charge is 0.399 e. The van der Waals surface area contributed by atoms with Gasteiger partial charge < -0.3 is 18.6 Å². The van der Waals surface area contributed by atoms with Crippen molar-refractivity contribution in [3.05, 3.63) is 107 Å². The van der Waals surface area contributed by atoms with Crippen molar-refractivity contribution < 1.29 is 18.6 Å². The van der Waals surface area contributed by atoms with Crippen LogP contribution in [0.5, 0.6) is 0 Å². The molecule has 2 unspecified atom stereocenters. The Morgan fingerprint density at radius 3 is 1.62 bits per heavy atom. The third-order valence-corrected chi connectivity index (χ3v) is 14.5. The molecule has 2 aliphatic heterocycles. The fourth-order valence-electron chi connectivity index (χ4n) is 9.59. The molecule has 3 aromatic rings. The van der Waals surface area contributed by atoms with Crippen LogP contribution in [0.15, 0.2) is 84.5 Å². The number of fused-ring (bicyclic) bond motifs is 3. The highest BCUT2D eigenvalue weighted by Gasteiger charge is 2.56. The zero-order valence-corrected chi connectivity index (χ0v) is 36.5. The summed E-state index contributed by atoms with van der Waals surface area (Å²) >= 11 is 0. The van der Waals surface area contributed by atoms with Crippen LogP contribution in [0.25, 0.3) is 11.1 Å². The van der Waals surface area contributed by atoms with Gasteiger partial charge in [0.25, 0.3) is 0 Å². The predicted octanol–water partition coefficient (Wildman–Crippen LogP) is 11.4. The molecule has 6 heteroatoms. The van der Waals surface area contributed by atoms with Crippen molar-refractivity contribution in [2.75, 3.05) is 0 Å². The van der Waals surface area contributed by atoms with E-state index in [1.165, 1.54) is 96.7 Å². The number of allylic oxidation sites excluding steroid dienone is 4. The number of hydrogen-bond acceptors (Lipinski definition) is 4. The number of benzene rings is 3. The maximum absolute atomic E-state index is 6.74. The van der Waals surface area contributed by atoms with Gasteiger partial charge in [0.2, 0.25) is 0 Å². The molecule has 3 aromatic carbocycles. The molecule has 2 fully saturated rings. The highest BCUT2D eigenvalue weighted by Crippen LogP contribution is 2.59. The van der Waals surface area contributed by atoms with E-state index in [1.54, 1.807) is 0 Å². The monoisotopic (exact) mass is 755 g/mol. The summed E-state index contributed by atoms with van der Waals surface area (Å²) in [5, 5.41) is 0. The lowest BCUT2D eigenvalue weighted by Crippen LogP contribution is -2.41. The molecule has 4 aliphatic rings. The summed E-state index contributed by atoms with van der Waals surface area (Å²) in [5.41, 5.74) is 9.23. The fourth-order valence-corrected chi connectivity index (χ4v) is 9.59. The van der Waals surface area contributed by atoms with Gasteiger partial charge in [0, 0.05) is 0 Å². The van der Waals surface area contributed by atoms with Crippen LogP contribution in [0.3, 0.4) is 0 Å². The predicted molar refractivity (Wildman–Crippen MR) is 236 cm³/mol. The van der Waals surface area contributed by atoms with Gasteiger partial charge in [-0.05, 0) is 136 Å². The number of rotatable bonds is 14. The fraction of sp³-hybridized carbons (Fsp3) is 0.560. The van der Waals surface area contributed by atoms with E-state index in [1.807, 2.05) is 0 Å². The molecule has 2 heterocycles. The average Bonchev–Trinajstić information content (AvgIpc) is 3.66. The van der Waals surface area contributed by atoms with Gasteiger partial charge in [-0.3, -0.25) is 0 Å². The van der Waals surface area contributed by atoms with Gasteiger partial charge in [-0.15, -0.1) is 0 Å². The van der Waals surface area contributed by atoms with E-state index in [0.29, 0.717) is 11.8 Å². The lowest BCUT2D eigenvalue weighted by molar-refractivity contribution is 0.00578. The Hall–Kier alpha value is -2.89. The summed E-state index contributed by atoms with van der Waals surface area (Å²) in [6.07, 6.45) is 19.7. The second-order valence-electron chi connectivity index (χ2n) is 19.4. The normalized spacial score (nSPS) is 23.7. The van der Waals surface area contributed by atoms with Crippen LogP contribution in [0, 0.1) is 11.8 Å². The quantitative estimate of drug-likeness (QED) is 0.121. The Balaban J connectivity index is 1.45. The molecule has 2 saturated heterocycles. The SMILES string of the molecule is CCCCCCc1cccc(C2(C3=CC=CC(CCCCCC)C3C)c3cc(B4OC(C)(C)C(C)(C)O4)ccc3-c3ccc(B4OC(C)(C)C(C)(C)O4)cc32)c1. The standard InChI is InChI=1S/C50H68B2O4/c1-12-14-16-18-22-36-23-20-26-38(32-36)50(43-27-21-25-37(35(43)3)24-19-17-15-13-2)44-33-39(51-53-46(4,5)47(6,7)54-51)28-30-41(44)42-31-29-40(34-45(42)50)52-55-48(8,9)49(10,11)56-52/h20-21,23,25-35,37H,12-19,22,24H2,1-11H3. The van der Waals surface area contributed by atoms with E-state index < -0.39 is 42.1 Å². The van der Waals surface area contributed by atoms with Gasteiger partial charge in [0.15, 0.2) is 0 Å². The summed E-state index contributed by atoms with van der Waals surface area (Å²) in [4.78, 5) is 0. The van der Waals surface area contributed by atoms with Gasteiger partial charge in [-0.1, -0.05) is 145 Å². The van der Waals surface area contributed by atoms with Crippen molar-refractivity contribution in [3.8, 4) is 11.1 Å².